The molecule has 0 aromatic rings. The number of aliphatic carboxylic acids is 2. The van der Waals surface area contributed by atoms with Gasteiger partial charge in [-0.05, 0) is 12.8 Å². The Morgan fingerprint density at radius 3 is 1.83 bits per heavy atom. The van der Waals surface area contributed by atoms with Crippen LogP contribution in [0.5, 0.6) is 0 Å². The molecule has 9 N–H and O–H groups in total. The molecule has 13 heteroatoms. The Labute approximate surface area is 173 Å². The molecule has 0 aliphatic rings. The van der Waals surface area contributed by atoms with Crippen LogP contribution in [-0.2, 0) is 24.0 Å². The number of nitrogens with one attached hydrogen (secondary N) is 3. The zero-order valence-corrected chi connectivity index (χ0v) is 17.0. The number of hydrogen-bond donors (Lipinski definition) is 8. The summed E-state index contributed by atoms with van der Waals surface area (Å²) in [7, 11) is 0. The molecule has 0 radical (unpaired) electrons. The van der Waals surface area contributed by atoms with Crippen LogP contribution in [0.1, 0.15) is 33.6 Å². The number of aliphatic hydroxyl groups is 2. The minimum Gasteiger partial charge on any atom is -0.481 e. The summed E-state index contributed by atoms with van der Waals surface area (Å²) < 4.78 is 0. The topological polar surface area (TPSA) is 228 Å². The van der Waals surface area contributed by atoms with Gasteiger partial charge in [0.2, 0.25) is 17.7 Å². The van der Waals surface area contributed by atoms with E-state index in [4.69, 9.17) is 10.8 Å². The highest BCUT2D eigenvalue weighted by atomic mass is 16.4. The van der Waals surface area contributed by atoms with E-state index < -0.39 is 78.9 Å². The molecule has 0 aliphatic carbocycles. The third-order valence-corrected chi connectivity index (χ3v) is 4.39. The van der Waals surface area contributed by atoms with Crippen molar-refractivity contribution in [3.05, 3.63) is 0 Å². The van der Waals surface area contributed by atoms with Crippen molar-refractivity contribution in [3.8, 4) is 0 Å². The largest absolute Gasteiger partial charge is 0.481 e. The summed E-state index contributed by atoms with van der Waals surface area (Å²) in [6, 6.07) is -5.91. The summed E-state index contributed by atoms with van der Waals surface area (Å²) in [4.78, 5) is 58.6. The van der Waals surface area contributed by atoms with Gasteiger partial charge in [0.15, 0.2) is 0 Å². The number of nitrogens with two attached hydrogens (primary N) is 1. The first-order valence-electron chi connectivity index (χ1n) is 9.25. The average Bonchev–Trinajstić information content (AvgIpc) is 2.65. The Bertz CT molecular complexity index is 641. The summed E-state index contributed by atoms with van der Waals surface area (Å²) >= 11 is 0. The molecular weight excluding hydrogens is 404 g/mol. The number of aliphatic hydroxyl groups excluding tert-OH is 2. The van der Waals surface area contributed by atoms with Crippen LogP contribution in [0.2, 0.25) is 0 Å². The van der Waals surface area contributed by atoms with E-state index in [1.165, 1.54) is 0 Å². The number of hydrogen-bond acceptors (Lipinski definition) is 8. The maximum atomic E-state index is 12.4. The van der Waals surface area contributed by atoms with Gasteiger partial charge in [-0.1, -0.05) is 20.3 Å². The number of carbonyl (C=O) groups excluding carboxylic acids is 3. The molecule has 0 saturated carbocycles. The van der Waals surface area contributed by atoms with Crippen molar-refractivity contribution in [1.82, 2.24) is 16.0 Å². The smallest absolute Gasteiger partial charge is 0.326 e. The molecule has 30 heavy (non-hydrogen) atoms. The second-order valence-electron chi connectivity index (χ2n) is 6.88. The zero-order valence-electron chi connectivity index (χ0n) is 17.0. The van der Waals surface area contributed by atoms with Crippen molar-refractivity contribution in [3.63, 3.8) is 0 Å². The minimum absolute atomic E-state index is 0.429. The Morgan fingerprint density at radius 1 is 0.900 bits per heavy atom. The lowest BCUT2D eigenvalue weighted by atomic mass is 9.99. The van der Waals surface area contributed by atoms with Crippen molar-refractivity contribution in [1.29, 1.82) is 0 Å². The maximum absolute atomic E-state index is 12.4. The lowest BCUT2D eigenvalue weighted by Crippen LogP contribution is -2.61. The van der Waals surface area contributed by atoms with Crippen molar-refractivity contribution in [2.75, 3.05) is 6.61 Å². The molecule has 0 aliphatic heterocycles. The molecule has 172 valence electrons. The SMILES string of the molecule is CCC(C)C(NC(=O)C(CO)NC(=O)C(NC(=O)C(N)CC(=O)O)C(C)O)C(=O)O. The maximum Gasteiger partial charge on any atom is 0.326 e. The Balaban J connectivity index is 5.22. The van der Waals surface area contributed by atoms with E-state index in [-0.39, 0.29) is 0 Å². The summed E-state index contributed by atoms with van der Waals surface area (Å²) in [5.41, 5.74) is 5.40. The van der Waals surface area contributed by atoms with Crippen LogP contribution in [0.4, 0.5) is 0 Å². The van der Waals surface area contributed by atoms with Gasteiger partial charge >= 0.3 is 11.9 Å². The van der Waals surface area contributed by atoms with Gasteiger partial charge < -0.3 is 42.1 Å². The van der Waals surface area contributed by atoms with Crippen molar-refractivity contribution in [2.45, 2.75) is 63.9 Å². The predicted octanol–water partition coefficient (Wildman–Crippen LogP) is -3.25. The predicted molar refractivity (Wildman–Crippen MR) is 102 cm³/mol. The quantitative estimate of drug-likeness (QED) is 0.144. The number of carboxylic acids is 2. The summed E-state index contributed by atoms with van der Waals surface area (Å²) in [5, 5.41) is 43.5. The number of carboxylic acid groups (broad SMARTS) is 2. The van der Waals surface area contributed by atoms with Crippen molar-refractivity contribution < 1.29 is 44.4 Å². The van der Waals surface area contributed by atoms with Crippen LogP contribution in [0, 0.1) is 5.92 Å². The second kappa shape index (κ2) is 12.7. The van der Waals surface area contributed by atoms with Crippen LogP contribution in [-0.4, -0.2) is 87.0 Å². The monoisotopic (exact) mass is 434 g/mol. The first-order valence-corrected chi connectivity index (χ1v) is 9.25. The number of carbonyl (C=O) groups is 5. The lowest BCUT2D eigenvalue weighted by Gasteiger charge is -2.26. The van der Waals surface area contributed by atoms with Crippen LogP contribution < -0.4 is 21.7 Å². The molecular formula is C17H30N4O9. The molecule has 0 fully saturated rings. The first-order chi connectivity index (χ1) is 13.8. The summed E-state index contributed by atoms with van der Waals surface area (Å²) in [6.45, 7) is 3.60. The molecule has 0 saturated heterocycles. The van der Waals surface area contributed by atoms with Gasteiger partial charge in [-0.25, -0.2) is 4.79 Å². The molecule has 3 amide bonds. The summed E-state index contributed by atoms with van der Waals surface area (Å²) in [6.07, 6.45) is -1.73. The van der Waals surface area contributed by atoms with E-state index in [2.05, 4.69) is 16.0 Å². The van der Waals surface area contributed by atoms with Crippen LogP contribution in [0.3, 0.4) is 0 Å². The fourth-order valence-corrected chi connectivity index (χ4v) is 2.34. The number of amides is 3. The van der Waals surface area contributed by atoms with E-state index in [1.54, 1.807) is 13.8 Å². The highest BCUT2D eigenvalue weighted by Crippen LogP contribution is 2.08. The van der Waals surface area contributed by atoms with Gasteiger partial charge in [0.25, 0.3) is 0 Å². The minimum atomic E-state index is -1.61. The van der Waals surface area contributed by atoms with Gasteiger partial charge in [0, 0.05) is 0 Å². The second-order valence-corrected chi connectivity index (χ2v) is 6.88. The fourth-order valence-electron chi connectivity index (χ4n) is 2.34. The normalized spacial score (nSPS) is 16.9. The third-order valence-electron chi connectivity index (χ3n) is 4.39. The molecule has 0 bridgehead atoms. The van der Waals surface area contributed by atoms with Gasteiger partial charge in [-0.2, -0.15) is 0 Å². The standard InChI is InChI=1S/C17H30N4O9/c1-4-7(2)12(17(29)30)20-15(27)10(6-22)19-16(28)13(8(3)23)21-14(26)9(18)5-11(24)25/h7-10,12-13,22-23H,4-6,18H2,1-3H3,(H,19,28)(H,20,27)(H,21,26)(H,24,25)(H,29,30). The van der Waals surface area contributed by atoms with Crippen LogP contribution in [0.15, 0.2) is 0 Å². The fraction of sp³-hybridized carbons (Fsp3) is 0.706. The van der Waals surface area contributed by atoms with Crippen LogP contribution in [0.25, 0.3) is 0 Å². The molecule has 13 nitrogen and oxygen atoms in total. The van der Waals surface area contributed by atoms with Gasteiger partial charge in [-0.15, -0.1) is 0 Å². The first kappa shape index (κ1) is 27.2. The molecule has 0 aromatic carbocycles. The van der Waals surface area contributed by atoms with Crippen molar-refractivity contribution >= 4 is 29.7 Å². The molecule has 0 spiro atoms. The van der Waals surface area contributed by atoms with Gasteiger partial charge in [-0.3, -0.25) is 19.2 Å². The van der Waals surface area contributed by atoms with E-state index in [9.17, 15) is 39.3 Å². The molecule has 0 aromatic heterocycles. The molecule has 6 atom stereocenters. The summed E-state index contributed by atoms with van der Waals surface area (Å²) in [5.74, 6) is -6.13. The molecule has 0 heterocycles. The van der Waals surface area contributed by atoms with E-state index in [0.717, 1.165) is 6.92 Å². The van der Waals surface area contributed by atoms with Gasteiger partial charge in [0.1, 0.15) is 18.1 Å². The van der Waals surface area contributed by atoms with Crippen molar-refractivity contribution in [2.24, 2.45) is 11.7 Å². The highest BCUT2D eigenvalue weighted by Gasteiger charge is 2.33. The molecule has 0 rings (SSSR count). The molecule has 6 unspecified atom stereocenters. The van der Waals surface area contributed by atoms with Crippen LogP contribution >= 0.6 is 0 Å². The highest BCUT2D eigenvalue weighted by molar-refractivity contribution is 5.95. The zero-order chi connectivity index (χ0) is 23.6. The Morgan fingerprint density at radius 2 is 1.43 bits per heavy atom. The average molecular weight is 434 g/mol. The number of rotatable bonds is 13. The van der Waals surface area contributed by atoms with Gasteiger partial charge in [0.05, 0.1) is 25.2 Å². The Hall–Kier alpha value is -2.77. The van der Waals surface area contributed by atoms with E-state index >= 15 is 0 Å². The van der Waals surface area contributed by atoms with E-state index in [0.29, 0.717) is 6.42 Å². The van der Waals surface area contributed by atoms with E-state index in [1.807, 2.05) is 0 Å². The lowest BCUT2D eigenvalue weighted by molar-refractivity contribution is -0.144. The Kier molecular flexibility index (Phi) is 11.5. The third kappa shape index (κ3) is 8.71.